The molecule has 0 aromatic rings. The average molecular weight is 224 g/mol. The van der Waals surface area contributed by atoms with Gasteiger partial charge in [0.1, 0.15) is 0 Å². The quantitative estimate of drug-likeness (QED) is 0.594. The Morgan fingerprint density at radius 2 is 2.13 bits per heavy atom. The summed E-state index contributed by atoms with van der Waals surface area (Å²) in [7, 11) is 0. The average Bonchev–Trinajstić information content (AvgIpc) is 2.15. The lowest BCUT2D eigenvalue weighted by atomic mass is 9.73. The minimum Gasteiger partial charge on any atom is -0.134 e. The fraction of sp³-hybridized carbons (Fsp3) is 0.714. The predicted molar refractivity (Wildman–Crippen MR) is 72.2 cm³/mol. The molecule has 1 aliphatic rings. The van der Waals surface area contributed by atoms with E-state index in [1.807, 2.05) is 11.8 Å². The van der Waals surface area contributed by atoms with E-state index in [1.54, 1.807) is 11.1 Å². The Bertz CT molecular complexity index is 259. The van der Waals surface area contributed by atoms with Gasteiger partial charge in [-0.15, -0.1) is 11.8 Å². The predicted octanol–water partition coefficient (Wildman–Crippen LogP) is 5.17. The Morgan fingerprint density at radius 1 is 1.40 bits per heavy atom. The molecule has 0 saturated carbocycles. The second-order valence-corrected chi connectivity index (χ2v) is 6.12. The number of hydrogen-bond acceptors (Lipinski definition) is 1. The largest absolute Gasteiger partial charge is 0.134 e. The van der Waals surface area contributed by atoms with Crippen LogP contribution in [0.25, 0.3) is 0 Å². The summed E-state index contributed by atoms with van der Waals surface area (Å²) in [5, 5.41) is 2.29. The molecule has 1 aliphatic carbocycles. The standard InChI is InChI=1S/C14H24S/c1-5-10-15-11-8-13-12(2)7-6-9-14(13,3)4/h8,11H,5-7,9-10H2,1-4H3/b11-8+. The third kappa shape index (κ3) is 3.71. The first-order valence-electron chi connectivity index (χ1n) is 6.06. The van der Waals surface area contributed by atoms with Crippen molar-refractivity contribution >= 4 is 11.8 Å². The molecule has 0 heterocycles. The highest BCUT2D eigenvalue weighted by Gasteiger charge is 2.26. The maximum absolute atomic E-state index is 2.37. The lowest BCUT2D eigenvalue weighted by Gasteiger charge is -2.32. The Kier molecular flexibility index (Phi) is 4.98. The van der Waals surface area contributed by atoms with Gasteiger partial charge in [-0.2, -0.15) is 0 Å². The van der Waals surface area contributed by atoms with Crippen LogP contribution in [0.2, 0.25) is 0 Å². The molecule has 0 aliphatic heterocycles. The zero-order valence-corrected chi connectivity index (χ0v) is 11.4. The van der Waals surface area contributed by atoms with Gasteiger partial charge in [0, 0.05) is 0 Å². The van der Waals surface area contributed by atoms with Crippen molar-refractivity contribution in [1.29, 1.82) is 0 Å². The highest BCUT2D eigenvalue weighted by atomic mass is 32.2. The minimum absolute atomic E-state index is 0.394. The Labute approximate surface area is 99.2 Å². The Hall–Kier alpha value is -0.170. The van der Waals surface area contributed by atoms with Gasteiger partial charge < -0.3 is 0 Å². The van der Waals surface area contributed by atoms with Gasteiger partial charge >= 0.3 is 0 Å². The van der Waals surface area contributed by atoms with E-state index in [-0.39, 0.29) is 0 Å². The van der Waals surface area contributed by atoms with Crippen molar-refractivity contribution in [3.63, 3.8) is 0 Å². The molecular weight excluding hydrogens is 200 g/mol. The number of thioether (sulfide) groups is 1. The summed E-state index contributed by atoms with van der Waals surface area (Å²) in [4.78, 5) is 0. The van der Waals surface area contributed by atoms with Crippen LogP contribution in [0.4, 0.5) is 0 Å². The van der Waals surface area contributed by atoms with Crippen LogP contribution in [-0.4, -0.2) is 5.75 Å². The molecule has 1 rings (SSSR count). The number of allylic oxidation sites excluding steroid dienone is 3. The van der Waals surface area contributed by atoms with Crippen molar-refractivity contribution in [3.05, 3.63) is 22.6 Å². The topological polar surface area (TPSA) is 0 Å². The summed E-state index contributed by atoms with van der Waals surface area (Å²) < 4.78 is 0. The molecular formula is C14H24S. The zero-order chi connectivity index (χ0) is 11.3. The van der Waals surface area contributed by atoms with Crippen LogP contribution >= 0.6 is 11.8 Å². The van der Waals surface area contributed by atoms with E-state index in [0.29, 0.717) is 5.41 Å². The van der Waals surface area contributed by atoms with Gasteiger partial charge in [0.2, 0.25) is 0 Å². The van der Waals surface area contributed by atoms with Crippen LogP contribution in [-0.2, 0) is 0 Å². The van der Waals surface area contributed by atoms with E-state index < -0.39 is 0 Å². The van der Waals surface area contributed by atoms with Gasteiger partial charge in [0.15, 0.2) is 0 Å². The highest BCUT2D eigenvalue weighted by molar-refractivity contribution is 8.02. The number of hydrogen-bond donors (Lipinski definition) is 0. The normalized spacial score (nSPS) is 21.3. The van der Waals surface area contributed by atoms with E-state index >= 15 is 0 Å². The maximum Gasteiger partial charge on any atom is -0.00286 e. The van der Waals surface area contributed by atoms with Crippen molar-refractivity contribution in [1.82, 2.24) is 0 Å². The molecule has 15 heavy (non-hydrogen) atoms. The number of rotatable bonds is 4. The first kappa shape index (κ1) is 12.9. The first-order valence-corrected chi connectivity index (χ1v) is 7.11. The van der Waals surface area contributed by atoms with Crippen LogP contribution in [0, 0.1) is 5.41 Å². The molecule has 0 N–H and O–H groups in total. The Morgan fingerprint density at radius 3 is 2.73 bits per heavy atom. The van der Waals surface area contributed by atoms with E-state index in [1.165, 1.54) is 31.4 Å². The lowest BCUT2D eigenvalue weighted by molar-refractivity contribution is 0.377. The van der Waals surface area contributed by atoms with Crippen molar-refractivity contribution in [2.24, 2.45) is 5.41 Å². The van der Waals surface area contributed by atoms with E-state index in [9.17, 15) is 0 Å². The maximum atomic E-state index is 2.37. The first-order chi connectivity index (χ1) is 7.08. The third-order valence-electron chi connectivity index (χ3n) is 3.20. The summed E-state index contributed by atoms with van der Waals surface area (Å²) in [6.07, 6.45) is 7.60. The molecule has 0 spiro atoms. The molecule has 0 bridgehead atoms. The second-order valence-electron chi connectivity index (χ2n) is 5.10. The zero-order valence-electron chi connectivity index (χ0n) is 10.6. The van der Waals surface area contributed by atoms with Crippen LogP contribution in [0.1, 0.15) is 53.4 Å². The SMILES string of the molecule is CCCS/C=C/C1=C(C)CCCC1(C)C. The smallest absolute Gasteiger partial charge is 0.00286 e. The van der Waals surface area contributed by atoms with Crippen LogP contribution in [0.15, 0.2) is 22.6 Å². The van der Waals surface area contributed by atoms with E-state index in [2.05, 4.69) is 39.2 Å². The molecule has 0 saturated heterocycles. The molecule has 0 nitrogen and oxygen atoms in total. The minimum atomic E-state index is 0.394. The van der Waals surface area contributed by atoms with Crippen LogP contribution < -0.4 is 0 Å². The molecule has 0 fully saturated rings. The van der Waals surface area contributed by atoms with E-state index in [4.69, 9.17) is 0 Å². The molecule has 0 amide bonds. The van der Waals surface area contributed by atoms with Crippen molar-refractivity contribution in [2.45, 2.75) is 53.4 Å². The van der Waals surface area contributed by atoms with Crippen molar-refractivity contribution < 1.29 is 0 Å². The van der Waals surface area contributed by atoms with Crippen molar-refractivity contribution in [2.75, 3.05) is 5.75 Å². The van der Waals surface area contributed by atoms with Crippen molar-refractivity contribution in [3.8, 4) is 0 Å². The van der Waals surface area contributed by atoms with Gasteiger partial charge in [-0.3, -0.25) is 0 Å². The van der Waals surface area contributed by atoms with Crippen LogP contribution in [0.3, 0.4) is 0 Å². The lowest BCUT2D eigenvalue weighted by Crippen LogP contribution is -2.18. The molecule has 0 aromatic heterocycles. The van der Waals surface area contributed by atoms with Gasteiger partial charge in [-0.05, 0) is 54.8 Å². The fourth-order valence-electron chi connectivity index (χ4n) is 2.31. The van der Waals surface area contributed by atoms with Gasteiger partial charge in [0.05, 0.1) is 0 Å². The molecule has 0 unspecified atom stereocenters. The molecule has 0 aromatic carbocycles. The summed E-state index contributed by atoms with van der Waals surface area (Å²) in [5.41, 5.74) is 3.57. The summed E-state index contributed by atoms with van der Waals surface area (Å²) in [5.74, 6) is 1.24. The summed E-state index contributed by atoms with van der Waals surface area (Å²) in [6, 6.07) is 0. The second kappa shape index (κ2) is 5.79. The molecule has 86 valence electrons. The molecule has 0 radical (unpaired) electrons. The summed E-state index contributed by atoms with van der Waals surface area (Å²) in [6.45, 7) is 9.28. The van der Waals surface area contributed by atoms with Gasteiger partial charge in [-0.1, -0.05) is 32.4 Å². The summed E-state index contributed by atoms with van der Waals surface area (Å²) >= 11 is 1.93. The molecule has 0 atom stereocenters. The van der Waals surface area contributed by atoms with Crippen LogP contribution in [0.5, 0.6) is 0 Å². The fourth-order valence-corrected chi connectivity index (χ4v) is 2.92. The molecule has 1 heteroatoms. The van der Waals surface area contributed by atoms with Gasteiger partial charge in [-0.25, -0.2) is 0 Å². The monoisotopic (exact) mass is 224 g/mol. The highest BCUT2D eigenvalue weighted by Crippen LogP contribution is 2.40. The Balaban J connectivity index is 2.67. The third-order valence-corrected chi connectivity index (χ3v) is 4.17. The van der Waals surface area contributed by atoms with E-state index in [0.717, 1.165) is 0 Å². The van der Waals surface area contributed by atoms with Gasteiger partial charge in [0.25, 0.3) is 0 Å².